The average Bonchev–Trinajstić information content (AvgIpc) is 3.23. The number of aromatic nitrogens is 4. The van der Waals surface area contributed by atoms with Gasteiger partial charge in [-0.25, -0.2) is 9.18 Å². The van der Waals surface area contributed by atoms with Crippen molar-refractivity contribution in [3.8, 4) is 5.69 Å². The van der Waals surface area contributed by atoms with Crippen molar-refractivity contribution in [1.29, 1.82) is 0 Å². The number of amides is 2. The maximum absolute atomic E-state index is 14.3. The Morgan fingerprint density at radius 1 is 1.19 bits per heavy atom. The lowest BCUT2D eigenvalue weighted by molar-refractivity contribution is -0.119. The van der Waals surface area contributed by atoms with E-state index < -0.39 is 23.9 Å². The minimum absolute atomic E-state index is 0.0914. The summed E-state index contributed by atoms with van der Waals surface area (Å²) in [4.78, 5) is 25.3. The number of halogens is 1. The Bertz CT molecular complexity index is 1070. The number of alkyl carbamates (subject to hydrolysis) is 1. The standard InChI is InChI=1S/C22H25FN6O3/c1-4-14(2)20(25-22(31)32-13-16-8-6-5-7-9-16)21(30)24-17-10-11-18(23)19(12-17)29-15(3)26-27-28-29/h5-12,14,20H,4,13H2,1-3H3,(H,24,30)(H,25,31)/t14-,20-/m0/s1. The average molecular weight is 440 g/mol. The lowest BCUT2D eigenvalue weighted by atomic mass is 9.98. The first-order valence-electron chi connectivity index (χ1n) is 10.2. The molecule has 2 aromatic carbocycles. The van der Waals surface area contributed by atoms with Crippen molar-refractivity contribution in [3.05, 3.63) is 65.7 Å². The second-order valence-corrected chi connectivity index (χ2v) is 7.36. The van der Waals surface area contributed by atoms with Gasteiger partial charge in [0.25, 0.3) is 0 Å². The summed E-state index contributed by atoms with van der Waals surface area (Å²) in [6.45, 7) is 5.49. The van der Waals surface area contributed by atoms with Crippen molar-refractivity contribution >= 4 is 17.7 Å². The molecule has 3 aromatic rings. The van der Waals surface area contributed by atoms with Crippen LogP contribution >= 0.6 is 0 Å². The van der Waals surface area contributed by atoms with Gasteiger partial charge in [0.05, 0.1) is 0 Å². The highest BCUT2D eigenvalue weighted by atomic mass is 19.1. The molecule has 0 aliphatic heterocycles. The number of tetrazole rings is 1. The summed E-state index contributed by atoms with van der Waals surface area (Å²) in [5.74, 6) is -0.755. The van der Waals surface area contributed by atoms with Gasteiger partial charge in [-0.1, -0.05) is 50.6 Å². The third-order valence-electron chi connectivity index (χ3n) is 5.05. The van der Waals surface area contributed by atoms with Crippen LogP contribution in [0.4, 0.5) is 14.9 Å². The molecule has 3 rings (SSSR count). The molecule has 1 aromatic heterocycles. The molecule has 2 atom stereocenters. The number of ether oxygens (including phenoxy) is 1. The van der Waals surface area contributed by atoms with Crippen LogP contribution in [-0.4, -0.2) is 38.2 Å². The molecule has 9 nitrogen and oxygen atoms in total. The molecule has 1 heterocycles. The van der Waals surface area contributed by atoms with Crippen molar-refractivity contribution in [2.45, 2.75) is 39.8 Å². The van der Waals surface area contributed by atoms with E-state index in [1.807, 2.05) is 44.2 Å². The van der Waals surface area contributed by atoms with E-state index in [0.717, 1.165) is 5.56 Å². The Morgan fingerprint density at radius 2 is 1.94 bits per heavy atom. The van der Waals surface area contributed by atoms with Gasteiger partial charge in [-0.3, -0.25) is 4.79 Å². The maximum atomic E-state index is 14.3. The summed E-state index contributed by atoms with van der Waals surface area (Å²) < 4.78 is 20.8. The van der Waals surface area contributed by atoms with Crippen molar-refractivity contribution in [1.82, 2.24) is 25.5 Å². The van der Waals surface area contributed by atoms with Gasteiger partial charge in [-0.15, -0.1) is 5.10 Å². The Kier molecular flexibility index (Phi) is 7.48. The number of benzene rings is 2. The Labute approximate surface area is 185 Å². The van der Waals surface area contributed by atoms with E-state index >= 15 is 0 Å². The molecular formula is C22H25FN6O3. The first-order chi connectivity index (χ1) is 15.4. The SMILES string of the molecule is CC[C@H](C)[C@H](NC(=O)OCc1ccccc1)C(=O)Nc1ccc(F)c(-n2nnnc2C)c1. The topological polar surface area (TPSA) is 111 Å². The minimum Gasteiger partial charge on any atom is -0.445 e. The fraction of sp³-hybridized carbons (Fsp3) is 0.318. The zero-order valence-electron chi connectivity index (χ0n) is 18.1. The summed E-state index contributed by atoms with van der Waals surface area (Å²) in [6, 6.07) is 12.5. The van der Waals surface area contributed by atoms with Crippen molar-refractivity contribution in [2.24, 2.45) is 5.92 Å². The summed E-state index contributed by atoms with van der Waals surface area (Å²) in [6.07, 6.45) is -0.0476. The van der Waals surface area contributed by atoms with Crippen LogP contribution in [0.1, 0.15) is 31.7 Å². The van der Waals surface area contributed by atoms with Gasteiger partial charge in [-0.05, 0) is 47.0 Å². The molecule has 168 valence electrons. The summed E-state index contributed by atoms with van der Waals surface area (Å²) in [5, 5.41) is 16.4. The molecule has 32 heavy (non-hydrogen) atoms. The van der Waals surface area contributed by atoms with Crippen molar-refractivity contribution in [2.75, 3.05) is 5.32 Å². The van der Waals surface area contributed by atoms with Crippen LogP contribution in [0.15, 0.2) is 48.5 Å². The smallest absolute Gasteiger partial charge is 0.408 e. The summed E-state index contributed by atoms with van der Waals surface area (Å²) >= 11 is 0. The zero-order chi connectivity index (χ0) is 23.1. The van der Waals surface area contributed by atoms with Crippen LogP contribution in [0, 0.1) is 18.7 Å². The highest BCUT2D eigenvalue weighted by Crippen LogP contribution is 2.20. The number of carbonyl (C=O) groups is 2. The van der Waals surface area contributed by atoms with Gasteiger partial charge in [-0.2, -0.15) is 4.68 Å². The first kappa shape index (κ1) is 22.9. The molecule has 0 aliphatic rings. The molecule has 0 unspecified atom stereocenters. The highest BCUT2D eigenvalue weighted by Gasteiger charge is 2.27. The van der Waals surface area contributed by atoms with Gasteiger partial charge in [0, 0.05) is 5.69 Å². The van der Waals surface area contributed by atoms with Gasteiger partial charge < -0.3 is 15.4 Å². The van der Waals surface area contributed by atoms with Crippen LogP contribution < -0.4 is 10.6 Å². The summed E-state index contributed by atoms with van der Waals surface area (Å²) in [5.41, 5.74) is 1.28. The fourth-order valence-corrected chi connectivity index (χ4v) is 3.02. The first-order valence-corrected chi connectivity index (χ1v) is 10.2. The van der Waals surface area contributed by atoms with Crippen molar-refractivity contribution in [3.63, 3.8) is 0 Å². The lowest BCUT2D eigenvalue weighted by Gasteiger charge is -2.23. The fourth-order valence-electron chi connectivity index (χ4n) is 3.02. The van der Waals surface area contributed by atoms with Crippen LogP contribution in [0.25, 0.3) is 5.69 Å². The number of hydrogen-bond acceptors (Lipinski definition) is 6. The summed E-state index contributed by atoms with van der Waals surface area (Å²) in [7, 11) is 0. The molecule has 0 spiro atoms. The normalized spacial score (nSPS) is 12.6. The second-order valence-electron chi connectivity index (χ2n) is 7.36. The molecule has 0 fully saturated rings. The monoisotopic (exact) mass is 440 g/mol. The molecule has 0 radical (unpaired) electrons. The lowest BCUT2D eigenvalue weighted by Crippen LogP contribution is -2.47. The quantitative estimate of drug-likeness (QED) is 0.555. The van der Waals surface area contributed by atoms with E-state index in [1.165, 1.54) is 22.9 Å². The van der Waals surface area contributed by atoms with Gasteiger partial charge in [0.15, 0.2) is 5.82 Å². The number of anilines is 1. The van der Waals surface area contributed by atoms with Crippen molar-refractivity contribution < 1.29 is 18.7 Å². The van der Waals surface area contributed by atoms with E-state index in [-0.39, 0.29) is 18.2 Å². The number of carbonyl (C=O) groups excluding carboxylic acids is 2. The van der Waals surface area contributed by atoms with E-state index in [1.54, 1.807) is 6.92 Å². The predicted octanol–water partition coefficient (Wildman–Crippen LogP) is 3.39. The zero-order valence-corrected chi connectivity index (χ0v) is 18.1. The van der Waals surface area contributed by atoms with Crippen LogP contribution in [0.5, 0.6) is 0 Å². The van der Waals surface area contributed by atoms with E-state index in [9.17, 15) is 14.0 Å². The third kappa shape index (κ3) is 5.65. The van der Waals surface area contributed by atoms with Gasteiger partial charge in [0.2, 0.25) is 5.91 Å². The molecule has 10 heteroatoms. The number of aryl methyl sites for hydroxylation is 1. The molecule has 2 N–H and O–H groups in total. The number of hydrogen-bond donors (Lipinski definition) is 2. The Hall–Kier alpha value is -3.82. The van der Waals surface area contributed by atoms with Crippen LogP contribution in [0.3, 0.4) is 0 Å². The van der Waals surface area contributed by atoms with Crippen LogP contribution in [-0.2, 0) is 16.1 Å². The number of nitrogens with zero attached hydrogens (tertiary/aromatic N) is 4. The third-order valence-corrected chi connectivity index (χ3v) is 5.05. The van der Waals surface area contributed by atoms with Gasteiger partial charge in [0.1, 0.15) is 24.2 Å². The van der Waals surface area contributed by atoms with Crippen LogP contribution in [0.2, 0.25) is 0 Å². The molecule has 2 amide bonds. The van der Waals surface area contributed by atoms with Gasteiger partial charge >= 0.3 is 6.09 Å². The number of rotatable bonds is 8. The predicted molar refractivity (Wildman–Crippen MR) is 115 cm³/mol. The minimum atomic E-state index is -0.841. The largest absolute Gasteiger partial charge is 0.445 e. The Morgan fingerprint density at radius 3 is 2.59 bits per heavy atom. The highest BCUT2D eigenvalue weighted by molar-refractivity contribution is 5.97. The number of nitrogens with one attached hydrogen (secondary N) is 2. The molecular weight excluding hydrogens is 415 g/mol. The van der Waals surface area contributed by atoms with E-state index in [2.05, 4.69) is 26.2 Å². The van der Waals surface area contributed by atoms with E-state index in [0.29, 0.717) is 17.9 Å². The Balaban J connectivity index is 1.69. The molecule has 0 saturated carbocycles. The molecule has 0 aliphatic carbocycles. The second kappa shape index (κ2) is 10.5. The molecule has 0 saturated heterocycles. The maximum Gasteiger partial charge on any atom is 0.408 e. The van der Waals surface area contributed by atoms with E-state index in [4.69, 9.17) is 4.74 Å². The molecule has 0 bridgehead atoms.